The van der Waals surface area contributed by atoms with Crippen LogP contribution < -0.4 is 0 Å². The minimum atomic E-state index is -0.595. The van der Waals surface area contributed by atoms with Crippen molar-refractivity contribution in [3.63, 3.8) is 0 Å². The topological polar surface area (TPSA) is 59.1 Å². The molecule has 2 unspecified atom stereocenters. The summed E-state index contributed by atoms with van der Waals surface area (Å²) in [4.78, 5) is 12.7. The number of esters is 1. The molecule has 0 amide bonds. The van der Waals surface area contributed by atoms with Crippen LogP contribution in [0.15, 0.2) is 30.3 Å². The van der Waals surface area contributed by atoms with Crippen molar-refractivity contribution in [2.45, 2.75) is 68.9 Å². The summed E-state index contributed by atoms with van der Waals surface area (Å²) in [6.07, 6.45) is 4.83. The fourth-order valence-corrected chi connectivity index (χ4v) is 5.23. The number of piperidine rings is 1. The van der Waals surface area contributed by atoms with Gasteiger partial charge in [0.05, 0.1) is 20.2 Å². The lowest BCUT2D eigenvalue weighted by Gasteiger charge is -2.48. The third-order valence-electron chi connectivity index (χ3n) is 6.79. The summed E-state index contributed by atoms with van der Waals surface area (Å²) in [5.74, 6) is -0.898. The lowest BCUT2D eigenvalue weighted by molar-refractivity contribution is -0.956. The minimum absolute atomic E-state index is 0.0560. The first kappa shape index (κ1) is 18.0. The van der Waals surface area contributed by atoms with Gasteiger partial charge in [0, 0.05) is 12.8 Å². The standard InChI is InChI=1S/C21H30NO4/c1-3-4-10-22(2)17-11-15(12-18(22)20-19(17)26-20)25-21(24)16(13-23)14-8-6-5-7-9-14/h5-9,15-20,23H,3-4,10-13H2,1-2H3/q+1/t15?,16-,17-,18+,19+,20+,22?/m1/s1. The number of hydrogen-bond acceptors (Lipinski definition) is 4. The molecule has 0 spiro atoms. The number of unbranched alkanes of at least 4 members (excludes halogenated alkanes) is 1. The Morgan fingerprint density at radius 2 is 1.92 bits per heavy atom. The van der Waals surface area contributed by atoms with E-state index in [2.05, 4.69) is 14.0 Å². The first-order valence-corrected chi connectivity index (χ1v) is 9.95. The van der Waals surface area contributed by atoms with Crippen LogP contribution in [0.1, 0.15) is 44.1 Å². The van der Waals surface area contributed by atoms with Gasteiger partial charge in [-0.15, -0.1) is 0 Å². The highest BCUT2D eigenvalue weighted by atomic mass is 16.6. The van der Waals surface area contributed by atoms with Crippen molar-refractivity contribution in [3.8, 4) is 0 Å². The summed E-state index contributed by atoms with van der Waals surface area (Å²) in [7, 11) is 2.36. The molecule has 0 aromatic heterocycles. The number of likely N-dealkylation sites (N-methyl/N-ethyl adjacent to an activating group) is 1. The average Bonchev–Trinajstić information content (AvgIpc) is 3.40. The molecule has 26 heavy (non-hydrogen) atoms. The maximum Gasteiger partial charge on any atom is 0.316 e. The first-order chi connectivity index (χ1) is 12.6. The highest BCUT2D eigenvalue weighted by Crippen LogP contribution is 2.52. The fourth-order valence-electron chi connectivity index (χ4n) is 5.23. The number of aliphatic hydroxyl groups excluding tert-OH is 1. The number of nitrogens with zero attached hydrogens (tertiary/aromatic N) is 1. The zero-order chi connectivity index (χ0) is 18.3. The van der Waals surface area contributed by atoms with Gasteiger partial charge in [0.1, 0.15) is 36.3 Å². The predicted octanol–water partition coefficient (Wildman–Crippen LogP) is 2.23. The third-order valence-corrected chi connectivity index (χ3v) is 6.79. The largest absolute Gasteiger partial charge is 0.461 e. The number of rotatable bonds is 7. The van der Waals surface area contributed by atoms with Gasteiger partial charge in [0.2, 0.25) is 0 Å². The molecule has 0 saturated carbocycles. The van der Waals surface area contributed by atoms with Crippen LogP contribution in [0, 0.1) is 0 Å². The number of ether oxygens (including phenoxy) is 2. The highest BCUT2D eigenvalue weighted by molar-refractivity contribution is 5.78. The van der Waals surface area contributed by atoms with Crippen molar-refractivity contribution in [3.05, 3.63) is 35.9 Å². The van der Waals surface area contributed by atoms with Gasteiger partial charge in [-0.1, -0.05) is 43.7 Å². The molecule has 2 bridgehead atoms. The molecule has 7 atom stereocenters. The Morgan fingerprint density at radius 3 is 2.50 bits per heavy atom. The van der Waals surface area contributed by atoms with E-state index in [-0.39, 0.29) is 18.7 Å². The molecule has 3 heterocycles. The number of fused-ring (bicyclic) bond motifs is 5. The van der Waals surface area contributed by atoms with E-state index in [0.29, 0.717) is 24.3 Å². The summed E-state index contributed by atoms with van der Waals surface area (Å²) in [5, 5.41) is 9.70. The molecule has 0 radical (unpaired) electrons. The van der Waals surface area contributed by atoms with Crippen LogP contribution in [0.25, 0.3) is 0 Å². The van der Waals surface area contributed by atoms with E-state index >= 15 is 0 Å². The van der Waals surface area contributed by atoms with Gasteiger partial charge in [0.15, 0.2) is 0 Å². The Bertz CT molecular complexity index is 631. The molecule has 1 aromatic carbocycles. The number of aliphatic hydroxyl groups is 1. The SMILES string of the molecule is CCCC[N+]1(C)[C@@H]2CC(OC(=O)[C@H](CO)c3ccccc3)C[C@H]1[C@@H]1O[C@H]12. The summed E-state index contributed by atoms with van der Waals surface area (Å²) in [5.41, 5.74) is 0.813. The van der Waals surface area contributed by atoms with Gasteiger partial charge < -0.3 is 19.1 Å². The second-order valence-electron chi connectivity index (χ2n) is 8.30. The Hall–Kier alpha value is -1.43. The Kier molecular flexibility index (Phi) is 4.80. The van der Waals surface area contributed by atoms with Gasteiger partial charge in [0.25, 0.3) is 0 Å². The van der Waals surface area contributed by atoms with E-state index in [9.17, 15) is 9.90 Å². The quantitative estimate of drug-likeness (QED) is 0.460. The smallest absolute Gasteiger partial charge is 0.316 e. The number of morpholine rings is 1. The lowest BCUT2D eigenvalue weighted by atomic mass is 9.94. The predicted molar refractivity (Wildman–Crippen MR) is 97.6 cm³/mol. The second kappa shape index (κ2) is 6.95. The van der Waals surface area contributed by atoms with Crippen molar-refractivity contribution in [1.29, 1.82) is 0 Å². The van der Waals surface area contributed by atoms with E-state index in [1.54, 1.807) is 0 Å². The minimum Gasteiger partial charge on any atom is -0.461 e. The summed E-state index contributed by atoms with van der Waals surface area (Å²) >= 11 is 0. The molecule has 5 nitrogen and oxygen atoms in total. The molecule has 3 aliphatic heterocycles. The van der Waals surface area contributed by atoms with Crippen molar-refractivity contribution in [2.75, 3.05) is 20.2 Å². The average molecular weight is 360 g/mol. The van der Waals surface area contributed by atoms with Crippen molar-refractivity contribution < 1.29 is 23.9 Å². The van der Waals surface area contributed by atoms with E-state index in [1.807, 2.05) is 30.3 Å². The van der Waals surface area contributed by atoms with E-state index in [1.165, 1.54) is 19.4 Å². The van der Waals surface area contributed by atoms with Crippen LogP contribution in [0.4, 0.5) is 0 Å². The molecule has 1 aromatic rings. The zero-order valence-corrected chi connectivity index (χ0v) is 15.7. The third kappa shape index (κ3) is 2.96. The van der Waals surface area contributed by atoms with Crippen LogP contribution in [0.3, 0.4) is 0 Å². The molecular formula is C21H30NO4+. The Labute approximate surface area is 155 Å². The van der Waals surface area contributed by atoms with Gasteiger partial charge >= 0.3 is 5.97 Å². The highest BCUT2D eigenvalue weighted by Gasteiger charge is 2.71. The van der Waals surface area contributed by atoms with Crippen molar-refractivity contribution in [2.24, 2.45) is 0 Å². The van der Waals surface area contributed by atoms with Crippen LogP contribution in [0.2, 0.25) is 0 Å². The number of carbonyl (C=O) groups is 1. The molecule has 3 aliphatic rings. The normalized spacial score (nSPS) is 38.5. The van der Waals surface area contributed by atoms with Crippen LogP contribution in [-0.2, 0) is 14.3 Å². The molecule has 142 valence electrons. The monoisotopic (exact) mass is 360 g/mol. The summed E-state index contributed by atoms with van der Waals surface area (Å²) in [6, 6.07) is 10.3. The maximum absolute atomic E-state index is 12.7. The number of quaternary nitrogens is 1. The Balaban J connectivity index is 1.42. The van der Waals surface area contributed by atoms with Crippen LogP contribution >= 0.6 is 0 Å². The zero-order valence-electron chi connectivity index (χ0n) is 15.7. The fraction of sp³-hybridized carbons (Fsp3) is 0.667. The second-order valence-corrected chi connectivity index (χ2v) is 8.30. The first-order valence-electron chi connectivity index (χ1n) is 9.95. The molecule has 0 aliphatic carbocycles. The summed E-state index contributed by atoms with van der Waals surface area (Å²) < 4.78 is 12.9. The van der Waals surface area contributed by atoms with Gasteiger partial charge in [-0.25, -0.2) is 0 Å². The summed E-state index contributed by atoms with van der Waals surface area (Å²) in [6.45, 7) is 3.20. The van der Waals surface area contributed by atoms with Crippen molar-refractivity contribution in [1.82, 2.24) is 0 Å². The molecular weight excluding hydrogens is 330 g/mol. The number of benzene rings is 1. The molecule has 5 heteroatoms. The molecule has 3 saturated heterocycles. The van der Waals surface area contributed by atoms with Gasteiger partial charge in [-0.2, -0.15) is 0 Å². The van der Waals surface area contributed by atoms with Gasteiger partial charge in [-0.05, 0) is 12.0 Å². The van der Waals surface area contributed by atoms with Crippen LogP contribution in [-0.4, -0.2) is 66.2 Å². The van der Waals surface area contributed by atoms with E-state index in [4.69, 9.17) is 9.47 Å². The van der Waals surface area contributed by atoms with E-state index < -0.39 is 5.92 Å². The van der Waals surface area contributed by atoms with Crippen LogP contribution in [0.5, 0.6) is 0 Å². The lowest BCUT2D eigenvalue weighted by Crippen LogP contribution is -2.62. The number of hydrogen-bond donors (Lipinski definition) is 1. The van der Waals surface area contributed by atoms with E-state index in [0.717, 1.165) is 22.9 Å². The molecule has 3 fully saturated rings. The van der Waals surface area contributed by atoms with Gasteiger partial charge in [-0.3, -0.25) is 4.79 Å². The molecule has 1 N–H and O–H groups in total. The maximum atomic E-state index is 12.7. The Morgan fingerprint density at radius 1 is 1.27 bits per heavy atom. The molecule has 4 rings (SSSR count). The van der Waals surface area contributed by atoms with Crippen molar-refractivity contribution >= 4 is 5.97 Å². The number of carbonyl (C=O) groups excluding carboxylic acids is 1. The number of epoxide rings is 1.